The lowest BCUT2D eigenvalue weighted by molar-refractivity contribution is -0.00631. The van der Waals surface area contributed by atoms with E-state index in [1.807, 2.05) is 13.0 Å². The van der Waals surface area contributed by atoms with Crippen LogP contribution in [0.3, 0.4) is 0 Å². The second-order valence-corrected chi connectivity index (χ2v) is 6.08. The zero-order chi connectivity index (χ0) is 13.9. The van der Waals surface area contributed by atoms with E-state index in [9.17, 15) is 9.50 Å². The fraction of sp³-hybridized carbons (Fsp3) is 0.625. The van der Waals surface area contributed by atoms with E-state index in [0.29, 0.717) is 13.1 Å². The van der Waals surface area contributed by atoms with Crippen LogP contribution < -0.4 is 5.32 Å². The van der Waals surface area contributed by atoms with Crippen LogP contribution in [0.1, 0.15) is 43.7 Å². The predicted octanol–water partition coefficient (Wildman–Crippen LogP) is 3.16. The average molecular weight is 265 g/mol. The van der Waals surface area contributed by atoms with Crippen molar-refractivity contribution in [2.45, 2.75) is 51.7 Å². The van der Waals surface area contributed by atoms with Crippen LogP contribution in [0, 0.1) is 18.7 Å². The maximum absolute atomic E-state index is 13.0. The Morgan fingerprint density at radius 3 is 2.68 bits per heavy atom. The number of nitrogens with one attached hydrogen (secondary N) is 1. The minimum absolute atomic E-state index is 0.193. The predicted molar refractivity (Wildman–Crippen MR) is 75.4 cm³/mol. The van der Waals surface area contributed by atoms with E-state index in [4.69, 9.17) is 0 Å². The van der Waals surface area contributed by atoms with Crippen molar-refractivity contribution in [1.82, 2.24) is 5.32 Å². The maximum Gasteiger partial charge on any atom is 0.123 e. The van der Waals surface area contributed by atoms with Crippen molar-refractivity contribution in [3.63, 3.8) is 0 Å². The molecule has 1 saturated carbocycles. The molecule has 1 aromatic carbocycles. The highest BCUT2D eigenvalue weighted by Crippen LogP contribution is 2.31. The first-order valence-corrected chi connectivity index (χ1v) is 7.17. The van der Waals surface area contributed by atoms with Gasteiger partial charge in [0.15, 0.2) is 0 Å². The second kappa shape index (κ2) is 6.02. The summed E-state index contributed by atoms with van der Waals surface area (Å²) in [6.07, 6.45) is 3.97. The molecule has 0 bridgehead atoms. The lowest BCUT2D eigenvalue weighted by Gasteiger charge is -2.35. The topological polar surface area (TPSA) is 32.3 Å². The summed E-state index contributed by atoms with van der Waals surface area (Å²) >= 11 is 0. The van der Waals surface area contributed by atoms with Crippen molar-refractivity contribution in [3.05, 3.63) is 35.1 Å². The summed E-state index contributed by atoms with van der Waals surface area (Å²) in [4.78, 5) is 0. The Morgan fingerprint density at radius 1 is 1.37 bits per heavy atom. The molecule has 0 aromatic heterocycles. The molecule has 3 heteroatoms. The van der Waals surface area contributed by atoms with Gasteiger partial charge in [-0.1, -0.05) is 13.0 Å². The standard InChI is InChI=1S/C16H24FNO/c1-12-5-7-16(19,8-6-12)11-18-10-14-3-4-15(17)9-13(14)2/h3-4,9,12,18-19H,5-8,10-11H2,1-2H3. The van der Waals surface area contributed by atoms with Gasteiger partial charge >= 0.3 is 0 Å². The third kappa shape index (κ3) is 4.02. The maximum atomic E-state index is 13.0. The number of hydrogen-bond donors (Lipinski definition) is 2. The highest BCUT2D eigenvalue weighted by Gasteiger charge is 2.31. The molecular weight excluding hydrogens is 241 g/mol. The van der Waals surface area contributed by atoms with E-state index in [2.05, 4.69) is 12.2 Å². The molecule has 0 unspecified atom stereocenters. The van der Waals surface area contributed by atoms with Crippen molar-refractivity contribution in [1.29, 1.82) is 0 Å². The Balaban J connectivity index is 1.83. The summed E-state index contributed by atoms with van der Waals surface area (Å²) in [5.41, 5.74) is 1.49. The lowest BCUT2D eigenvalue weighted by atomic mass is 9.79. The van der Waals surface area contributed by atoms with Crippen LogP contribution in [-0.2, 0) is 6.54 Å². The van der Waals surface area contributed by atoms with Gasteiger partial charge in [-0.2, -0.15) is 0 Å². The Hall–Kier alpha value is -0.930. The molecule has 0 radical (unpaired) electrons. The number of aryl methyl sites for hydroxylation is 1. The quantitative estimate of drug-likeness (QED) is 0.876. The van der Waals surface area contributed by atoms with Crippen molar-refractivity contribution < 1.29 is 9.50 Å². The molecular formula is C16H24FNO. The van der Waals surface area contributed by atoms with Crippen LogP contribution in [0.15, 0.2) is 18.2 Å². The summed E-state index contributed by atoms with van der Waals surface area (Å²) in [5, 5.41) is 13.8. The van der Waals surface area contributed by atoms with Gasteiger partial charge in [-0.3, -0.25) is 0 Å². The first-order chi connectivity index (χ1) is 8.98. The van der Waals surface area contributed by atoms with Crippen LogP contribution in [0.25, 0.3) is 0 Å². The van der Waals surface area contributed by atoms with Crippen LogP contribution in [0.2, 0.25) is 0 Å². The zero-order valence-electron chi connectivity index (χ0n) is 11.9. The molecule has 19 heavy (non-hydrogen) atoms. The zero-order valence-corrected chi connectivity index (χ0v) is 11.9. The summed E-state index contributed by atoms with van der Waals surface area (Å²) in [6.45, 7) is 5.46. The summed E-state index contributed by atoms with van der Waals surface area (Å²) in [7, 11) is 0. The Kier molecular flexibility index (Phi) is 4.58. The Bertz CT molecular complexity index is 425. The van der Waals surface area contributed by atoms with E-state index in [1.165, 1.54) is 6.07 Å². The van der Waals surface area contributed by atoms with Crippen LogP contribution in [-0.4, -0.2) is 17.3 Å². The van der Waals surface area contributed by atoms with Crippen molar-refractivity contribution in [2.24, 2.45) is 5.92 Å². The van der Waals surface area contributed by atoms with Crippen LogP contribution in [0.5, 0.6) is 0 Å². The summed E-state index contributed by atoms with van der Waals surface area (Å²) in [5.74, 6) is 0.542. The van der Waals surface area contributed by atoms with E-state index < -0.39 is 5.60 Å². The number of hydrogen-bond acceptors (Lipinski definition) is 2. The van der Waals surface area contributed by atoms with Gasteiger partial charge in [0.05, 0.1) is 5.60 Å². The molecule has 0 saturated heterocycles. The highest BCUT2D eigenvalue weighted by molar-refractivity contribution is 5.26. The highest BCUT2D eigenvalue weighted by atomic mass is 19.1. The van der Waals surface area contributed by atoms with Crippen molar-refractivity contribution in [2.75, 3.05) is 6.54 Å². The summed E-state index contributed by atoms with van der Waals surface area (Å²) < 4.78 is 13.0. The molecule has 0 aliphatic heterocycles. The van der Waals surface area contributed by atoms with Gasteiger partial charge in [0.25, 0.3) is 0 Å². The van der Waals surface area contributed by atoms with E-state index in [1.54, 1.807) is 6.07 Å². The molecule has 1 aliphatic rings. The normalized spacial score (nSPS) is 27.5. The minimum Gasteiger partial charge on any atom is -0.389 e. The van der Waals surface area contributed by atoms with Crippen LogP contribution >= 0.6 is 0 Å². The second-order valence-electron chi connectivity index (χ2n) is 6.08. The average Bonchev–Trinajstić information content (AvgIpc) is 2.36. The molecule has 2 rings (SSSR count). The molecule has 1 aliphatic carbocycles. The van der Waals surface area contributed by atoms with Gasteiger partial charge in [-0.25, -0.2) is 4.39 Å². The van der Waals surface area contributed by atoms with Crippen LogP contribution in [0.4, 0.5) is 4.39 Å². The third-order valence-corrected chi connectivity index (χ3v) is 4.28. The van der Waals surface area contributed by atoms with Gasteiger partial charge in [0.2, 0.25) is 0 Å². The van der Waals surface area contributed by atoms with Gasteiger partial charge in [-0.15, -0.1) is 0 Å². The molecule has 2 nitrogen and oxygen atoms in total. The molecule has 1 aromatic rings. The molecule has 1 fully saturated rings. The number of rotatable bonds is 4. The van der Waals surface area contributed by atoms with E-state index in [-0.39, 0.29) is 5.82 Å². The van der Waals surface area contributed by atoms with E-state index in [0.717, 1.165) is 42.7 Å². The fourth-order valence-electron chi connectivity index (χ4n) is 2.76. The van der Waals surface area contributed by atoms with E-state index >= 15 is 0 Å². The smallest absolute Gasteiger partial charge is 0.123 e. The SMILES string of the molecule is Cc1cc(F)ccc1CNCC1(O)CCC(C)CC1. The summed E-state index contributed by atoms with van der Waals surface area (Å²) in [6, 6.07) is 4.85. The monoisotopic (exact) mass is 265 g/mol. The largest absolute Gasteiger partial charge is 0.389 e. The number of benzene rings is 1. The van der Waals surface area contributed by atoms with Gasteiger partial charge in [0.1, 0.15) is 5.82 Å². The molecule has 106 valence electrons. The first-order valence-electron chi connectivity index (χ1n) is 7.17. The minimum atomic E-state index is -0.555. The fourth-order valence-corrected chi connectivity index (χ4v) is 2.76. The molecule has 0 heterocycles. The molecule has 0 amide bonds. The molecule has 2 N–H and O–H groups in total. The molecule has 0 atom stereocenters. The van der Waals surface area contributed by atoms with Gasteiger partial charge in [-0.05, 0) is 61.8 Å². The molecule has 0 spiro atoms. The van der Waals surface area contributed by atoms with Gasteiger partial charge in [0, 0.05) is 13.1 Å². The lowest BCUT2D eigenvalue weighted by Crippen LogP contribution is -2.43. The van der Waals surface area contributed by atoms with Crippen molar-refractivity contribution >= 4 is 0 Å². The number of aliphatic hydroxyl groups is 1. The Labute approximate surface area is 115 Å². The first kappa shape index (κ1) is 14.5. The van der Waals surface area contributed by atoms with Crippen molar-refractivity contribution in [3.8, 4) is 0 Å². The van der Waals surface area contributed by atoms with Gasteiger partial charge < -0.3 is 10.4 Å². The Morgan fingerprint density at radius 2 is 2.05 bits per heavy atom. The third-order valence-electron chi connectivity index (χ3n) is 4.28. The number of halogens is 1.